The van der Waals surface area contributed by atoms with Gasteiger partial charge in [-0.2, -0.15) is 0 Å². The average molecular weight is 613 g/mol. The smallest absolute Gasteiger partial charge is 0.139 e. The lowest BCUT2D eigenvalue weighted by Gasteiger charge is -2.21. The van der Waals surface area contributed by atoms with Gasteiger partial charge >= 0.3 is 0 Å². The minimum atomic E-state index is -0.110. The van der Waals surface area contributed by atoms with Gasteiger partial charge in [-0.3, -0.25) is 0 Å². The van der Waals surface area contributed by atoms with E-state index < -0.39 is 0 Å². The van der Waals surface area contributed by atoms with Gasteiger partial charge in [-0.25, -0.2) is 0 Å². The van der Waals surface area contributed by atoms with Crippen molar-refractivity contribution in [3.63, 3.8) is 0 Å². The second-order valence-electron chi connectivity index (χ2n) is 13.7. The summed E-state index contributed by atoms with van der Waals surface area (Å²) in [6, 6.07) is 57.7. The first-order valence-corrected chi connectivity index (χ1v) is 16.8. The number of furan rings is 1. The minimum absolute atomic E-state index is 0.110. The fourth-order valence-electron chi connectivity index (χ4n) is 8.40. The first-order valence-electron chi connectivity index (χ1n) is 16.8. The van der Waals surface area contributed by atoms with Crippen LogP contribution in [0, 0.1) is 0 Å². The van der Waals surface area contributed by atoms with Crippen molar-refractivity contribution < 1.29 is 4.42 Å². The predicted molar refractivity (Wildman–Crippen MR) is 203 cm³/mol. The Kier molecular flexibility index (Phi) is 5.69. The number of rotatable bonds is 3. The average Bonchev–Trinajstić information content (AvgIpc) is 3.63. The van der Waals surface area contributed by atoms with Gasteiger partial charge in [-0.15, -0.1) is 0 Å². The Hall–Kier alpha value is -5.92. The second-order valence-corrected chi connectivity index (χ2v) is 13.7. The molecule has 1 aromatic heterocycles. The predicted octanol–water partition coefficient (Wildman–Crippen LogP) is 13.2. The van der Waals surface area contributed by atoms with E-state index in [2.05, 4.69) is 172 Å². The minimum Gasteiger partial charge on any atom is -0.456 e. The summed E-state index contributed by atoms with van der Waals surface area (Å²) in [5, 5.41) is 8.70. The maximum atomic E-state index is 6.73. The van der Waals surface area contributed by atoms with Crippen molar-refractivity contribution in [2.75, 3.05) is 0 Å². The Morgan fingerprint density at radius 3 is 1.71 bits per heavy atom. The van der Waals surface area contributed by atoms with Crippen molar-refractivity contribution in [3.8, 4) is 44.7 Å². The number of fused-ring (bicyclic) bond motifs is 8. The van der Waals surface area contributed by atoms with Gasteiger partial charge in [0, 0.05) is 21.9 Å². The van der Waals surface area contributed by atoms with Crippen molar-refractivity contribution in [1.82, 2.24) is 0 Å². The number of hydrogen-bond donors (Lipinski definition) is 0. The molecule has 0 unspecified atom stereocenters. The molecule has 48 heavy (non-hydrogen) atoms. The second kappa shape index (κ2) is 10.0. The normalized spacial score (nSPS) is 13.4. The quantitative estimate of drug-likeness (QED) is 0.181. The summed E-state index contributed by atoms with van der Waals surface area (Å²) in [6.07, 6.45) is 0. The molecule has 0 fully saturated rings. The molecule has 0 saturated heterocycles. The van der Waals surface area contributed by atoms with Crippen LogP contribution in [-0.2, 0) is 5.41 Å². The summed E-state index contributed by atoms with van der Waals surface area (Å²) < 4.78 is 6.73. The molecule has 0 bridgehead atoms. The molecule has 1 nitrogen and oxygen atoms in total. The highest BCUT2D eigenvalue weighted by atomic mass is 16.3. The molecule has 0 spiro atoms. The lowest BCUT2D eigenvalue weighted by Crippen LogP contribution is -2.14. The molecule has 0 N–H and O–H groups in total. The molecule has 226 valence electrons. The summed E-state index contributed by atoms with van der Waals surface area (Å²) >= 11 is 0. The Morgan fingerprint density at radius 2 is 0.979 bits per heavy atom. The molecule has 1 aliphatic carbocycles. The third-order valence-corrected chi connectivity index (χ3v) is 10.6. The standard InChI is InChI=1S/C47H32O/c1-47(2)41-21-10-9-20-39(41)46-45(47)40-25-24-34(28-42(40)48-46)44-37-18-7-5-16-35(37)43(36-17-6-8-19-38(36)44)33-15-11-14-31(27-33)32-23-22-29-12-3-4-13-30(29)26-32/h3-28H,1-2H3. The Bertz CT molecular complexity index is 2700. The molecule has 9 aromatic rings. The summed E-state index contributed by atoms with van der Waals surface area (Å²) in [5.41, 5.74) is 12.0. The van der Waals surface area contributed by atoms with Crippen LogP contribution in [0.15, 0.2) is 162 Å². The van der Waals surface area contributed by atoms with Crippen LogP contribution in [-0.4, -0.2) is 0 Å². The van der Waals surface area contributed by atoms with Gasteiger partial charge in [0.15, 0.2) is 0 Å². The maximum Gasteiger partial charge on any atom is 0.139 e. The van der Waals surface area contributed by atoms with Crippen LogP contribution in [0.2, 0.25) is 0 Å². The van der Waals surface area contributed by atoms with E-state index >= 15 is 0 Å². The van der Waals surface area contributed by atoms with Crippen molar-refractivity contribution in [2.45, 2.75) is 19.3 Å². The van der Waals surface area contributed by atoms with Gasteiger partial charge in [-0.1, -0.05) is 153 Å². The molecule has 0 aliphatic heterocycles. The van der Waals surface area contributed by atoms with Crippen molar-refractivity contribution in [1.29, 1.82) is 0 Å². The molecule has 1 aliphatic rings. The van der Waals surface area contributed by atoms with E-state index in [4.69, 9.17) is 4.42 Å². The molecule has 8 aromatic carbocycles. The third kappa shape index (κ3) is 3.85. The van der Waals surface area contributed by atoms with Crippen LogP contribution in [0.3, 0.4) is 0 Å². The van der Waals surface area contributed by atoms with Gasteiger partial charge in [-0.05, 0) is 89.5 Å². The van der Waals surface area contributed by atoms with E-state index in [0.717, 1.165) is 11.3 Å². The monoisotopic (exact) mass is 612 g/mol. The van der Waals surface area contributed by atoms with Gasteiger partial charge in [0.1, 0.15) is 11.3 Å². The van der Waals surface area contributed by atoms with E-state index in [0.29, 0.717) is 0 Å². The fraction of sp³-hybridized carbons (Fsp3) is 0.0638. The molecular weight excluding hydrogens is 581 g/mol. The van der Waals surface area contributed by atoms with Crippen LogP contribution < -0.4 is 0 Å². The Morgan fingerprint density at radius 1 is 0.417 bits per heavy atom. The third-order valence-electron chi connectivity index (χ3n) is 10.6. The van der Waals surface area contributed by atoms with E-state index in [1.807, 2.05) is 0 Å². The molecule has 0 atom stereocenters. The molecule has 0 saturated carbocycles. The maximum absolute atomic E-state index is 6.73. The highest BCUT2D eigenvalue weighted by Crippen LogP contribution is 2.53. The zero-order valence-electron chi connectivity index (χ0n) is 26.9. The molecule has 0 amide bonds. The van der Waals surface area contributed by atoms with Crippen molar-refractivity contribution >= 4 is 43.3 Å². The molecule has 1 heteroatoms. The molecular formula is C47H32O. The van der Waals surface area contributed by atoms with Crippen LogP contribution >= 0.6 is 0 Å². The zero-order chi connectivity index (χ0) is 32.0. The molecule has 0 radical (unpaired) electrons. The number of hydrogen-bond acceptors (Lipinski definition) is 1. The van der Waals surface area contributed by atoms with Crippen molar-refractivity contribution in [3.05, 3.63) is 169 Å². The summed E-state index contributed by atoms with van der Waals surface area (Å²) in [4.78, 5) is 0. The molecule has 1 heterocycles. The summed E-state index contributed by atoms with van der Waals surface area (Å²) in [6.45, 7) is 4.63. The number of benzene rings is 8. The lowest BCUT2D eigenvalue weighted by atomic mass is 9.81. The lowest BCUT2D eigenvalue weighted by molar-refractivity contribution is 0.619. The molecule has 10 rings (SSSR count). The highest BCUT2D eigenvalue weighted by molar-refractivity contribution is 6.22. The Labute approximate surface area is 279 Å². The zero-order valence-corrected chi connectivity index (χ0v) is 26.9. The van der Waals surface area contributed by atoms with E-state index in [1.165, 1.54) is 87.8 Å². The van der Waals surface area contributed by atoms with Gasteiger partial charge in [0.2, 0.25) is 0 Å². The summed E-state index contributed by atoms with van der Waals surface area (Å²) in [7, 11) is 0. The Balaban J connectivity index is 1.19. The topological polar surface area (TPSA) is 13.1 Å². The van der Waals surface area contributed by atoms with Crippen LogP contribution in [0.25, 0.3) is 88.0 Å². The van der Waals surface area contributed by atoms with Crippen LogP contribution in [0.4, 0.5) is 0 Å². The SMILES string of the molecule is CC1(C)c2ccccc2-c2oc3cc(-c4c5ccccc5c(-c5cccc(-c6ccc7ccccc7c6)c5)c5ccccc45)ccc3c21. The fourth-order valence-corrected chi connectivity index (χ4v) is 8.40. The van der Waals surface area contributed by atoms with E-state index in [1.54, 1.807) is 0 Å². The van der Waals surface area contributed by atoms with Crippen LogP contribution in [0.5, 0.6) is 0 Å². The first-order chi connectivity index (χ1) is 23.6. The van der Waals surface area contributed by atoms with Crippen LogP contribution in [0.1, 0.15) is 25.0 Å². The van der Waals surface area contributed by atoms with Crippen molar-refractivity contribution in [2.24, 2.45) is 0 Å². The van der Waals surface area contributed by atoms with E-state index in [9.17, 15) is 0 Å². The first kappa shape index (κ1) is 27.2. The van der Waals surface area contributed by atoms with Gasteiger partial charge in [0.25, 0.3) is 0 Å². The largest absolute Gasteiger partial charge is 0.456 e. The summed E-state index contributed by atoms with van der Waals surface area (Å²) in [5.74, 6) is 1.01. The highest BCUT2D eigenvalue weighted by Gasteiger charge is 2.40. The van der Waals surface area contributed by atoms with Gasteiger partial charge < -0.3 is 4.42 Å². The van der Waals surface area contributed by atoms with E-state index in [-0.39, 0.29) is 5.41 Å². The van der Waals surface area contributed by atoms with Gasteiger partial charge in [0.05, 0.1) is 0 Å².